The van der Waals surface area contributed by atoms with Gasteiger partial charge in [0.1, 0.15) is 0 Å². The molecule has 0 radical (unpaired) electrons. The van der Waals surface area contributed by atoms with E-state index in [1.54, 1.807) is 0 Å². The first-order valence-electron chi connectivity index (χ1n) is 9.63. The number of piperazine rings is 1. The maximum Gasteiger partial charge on any atom is 0.241 e. The van der Waals surface area contributed by atoms with Crippen LogP contribution in [0, 0.1) is 0 Å². The minimum Gasteiger partial charge on any atom is -0.314 e. The highest BCUT2D eigenvalue weighted by Crippen LogP contribution is 2.35. The van der Waals surface area contributed by atoms with Gasteiger partial charge < -0.3 is 10.2 Å². The van der Waals surface area contributed by atoms with Crippen molar-refractivity contribution in [3.8, 4) is 0 Å². The van der Waals surface area contributed by atoms with Crippen LogP contribution in [0.25, 0.3) is 0 Å². The second-order valence-electron chi connectivity index (χ2n) is 7.66. The van der Waals surface area contributed by atoms with Crippen molar-refractivity contribution in [1.82, 2.24) is 10.2 Å². The molecule has 4 nitrogen and oxygen atoms in total. The van der Waals surface area contributed by atoms with Crippen LogP contribution in [0.3, 0.4) is 0 Å². The molecule has 0 bridgehead atoms. The first kappa shape index (κ1) is 18.7. The molecule has 1 N–H and O–H groups in total. The molecule has 0 atom stereocenters. The molecule has 2 aliphatic heterocycles. The molecule has 1 aromatic rings. The van der Waals surface area contributed by atoms with Crippen LogP contribution in [-0.2, 0) is 11.2 Å². The Morgan fingerprint density at radius 3 is 2.72 bits per heavy atom. The predicted octanol–water partition coefficient (Wildman–Crippen LogP) is 3.00. The van der Waals surface area contributed by atoms with E-state index in [2.05, 4.69) is 34.5 Å². The number of benzene rings is 1. The quantitative estimate of drug-likeness (QED) is 0.877. The smallest absolute Gasteiger partial charge is 0.241 e. The van der Waals surface area contributed by atoms with Crippen LogP contribution in [0.5, 0.6) is 0 Å². The van der Waals surface area contributed by atoms with Crippen molar-refractivity contribution < 1.29 is 4.79 Å². The molecule has 2 fully saturated rings. The number of hydrogen-bond donors (Lipinski definition) is 1. The fourth-order valence-electron chi connectivity index (χ4n) is 4.88. The highest BCUT2D eigenvalue weighted by atomic mass is 35.5. The lowest BCUT2D eigenvalue weighted by molar-refractivity contribution is -0.122. The van der Waals surface area contributed by atoms with Gasteiger partial charge in [-0.2, -0.15) is 0 Å². The maximum absolute atomic E-state index is 13.1. The number of carbonyl (C=O) groups is 1. The van der Waals surface area contributed by atoms with Gasteiger partial charge >= 0.3 is 0 Å². The summed E-state index contributed by atoms with van der Waals surface area (Å²) in [7, 11) is 0. The van der Waals surface area contributed by atoms with E-state index in [-0.39, 0.29) is 23.9 Å². The fourth-order valence-corrected chi connectivity index (χ4v) is 4.88. The van der Waals surface area contributed by atoms with Crippen LogP contribution in [0.15, 0.2) is 24.3 Å². The van der Waals surface area contributed by atoms with Crippen molar-refractivity contribution in [2.24, 2.45) is 0 Å². The number of nitrogens with zero attached hydrogens (tertiary/aromatic N) is 2. The summed E-state index contributed by atoms with van der Waals surface area (Å²) in [5, 5.41) is 3.58. The lowest BCUT2D eigenvalue weighted by Crippen LogP contribution is -2.63. The van der Waals surface area contributed by atoms with Gasteiger partial charge in [-0.15, -0.1) is 12.4 Å². The SMILES string of the molecule is Cl.O=C(CN1CCNCC12CCCCC2)N1CCCc2ccccc21. The highest BCUT2D eigenvalue weighted by Gasteiger charge is 2.41. The molecule has 5 heteroatoms. The van der Waals surface area contributed by atoms with Crippen molar-refractivity contribution >= 4 is 24.0 Å². The molecule has 3 aliphatic rings. The van der Waals surface area contributed by atoms with Gasteiger partial charge in [-0.25, -0.2) is 0 Å². The molecular formula is C20H30ClN3O. The Kier molecular flexibility index (Phi) is 6.03. The summed E-state index contributed by atoms with van der Waals surface area (Å²) in [6.07, 6.45) is 8.61. The molecular weight excluding hydrogens is 334 g/mol. The summed E-state index contributed by atoms with van der Waals surface area (Å²) < 4.78 is 0. The fraction of sp³-hybridized carbons (Fsp3) is 0.650. The van der Waals surface area contributed by atoms with Crippen LogP contribution in [0.2, 0.25) is 0 Å². The molecule has 0 aromatic heterocycles. The molecule has 1 saturated heterocycles. The van der Waals surface area contributed by atoms with Gasteiger partial charge in [-0.05, 0) is 37.3 Å². The first-order chi connectivity index (χ1) is 11.8. The molecule has 1 saturated carbocycles. The van der Waals surface area contributed by atoms with Crippen molar-refractivity contribution in [1.29, 1.82) is 0 Å². The topological polar surface area (TPSA) is 35.6 Å². The minimum atomic E-state index is 0. The molecule has 1 aromatic carbocycles. The molecule has 2 heterocycles. The largest absolute Gasteiger partial charge is 0.314 e. The molecule has 0 unspecified atom stereocenters. The third-order valence-electron chi connectivity index (χ3n) is 6.21. The third-order valence-corrected chi connectivity index (χ3v) is 6.21. The standard InChI is InChI=1S/C20H29N3O.ClH/c24-19(23-13-6-8-17-7-2-3-9-18(17)23)15-22-14-12-21-16-20(22)10-4-1-5-11-20;/h2-3,7,9,21H,1,4-6,8,10-16H2;1H. The van der Waals surface area contributed by atoms with Gasteiger partial charge in [-0.3, -0.25) is 9.69 Å². The Bertz CT molecular complexity index is 592. The predicted molar refractivity (Wildman–Crippen MR) is 105 cm³/mol. The number of para-hydroxylation sites is 1. The van der Waals surface area contributed by atoms with Crippen LogP contribution < -0.4 is 10.2 Å². The zero-order chi connectivity index (χ0) is 16.4. The van der Waals surface area contributed by atoms with Gasteiger partial charge in [0.25, 0.3) is 0 Å². The minimum absolute atomic E-state index is 0. The number of aryl methyl sites for hydroxylation is 1. The van der Waals surface area contributed by atoms with Crippen LogP contribution >= 0.6 is 12.4 Å². The van der Waals surface area contributed by atoms with Gasteiger partial charge in [-0.1, -0.05) is 37.5 Å². The Morgan fingerprint density at radius 2 is 1.88 bits per heavy atom. The molecule has 1 spiro atoms. The summed E-state index contributed by atoms with van der Waals surface area (Å²) in [5.74, 6) is 0.286. The number of amides is 1. The molecule has 1 aliphatic carbocycles. The molecule has 25 heavy (non-hydrogen) atoms. The zero-order valence-corrected chi connectivity index (χ0v) is 15.8. The highest BCUT2D eigenvalue weighted by molar-refractivity contribution is 5.96. The number of anilines is 1. The second kappa shape index (κ2) is 8.07. The Labute approximate surface area is 157 Å². The molecule has 138 valence electrons. The number of halogens is 1. The Balaban J connectivity index is 0.00000182. The van der Waals surface area contributed by atoms with E-state index in [9.17, 15) is 4.79 Å². The zero-order valence-electron chi connectivity index (χ0n) is 15.0. The number of rotatable bonds is 2. The summed E-state index contributed by atoms with van der Waals surface area (Å²) in [6.45, 7) is 4.51. The van der Waals surface area contributed by atoms with Crippen LogP contribution in [0.1, 0.15) is 44.1 Å². The van der Waals surface area contributed by atoms with E-state index >= 15 is 0 Å². The second-order valence-corrected chi connectivity index (χ2v) is 7.66. The van der Waals surface area contributed by atoms with E-state index in [4.69, 9.17) is 0 Å². The van der Waals surface area contributed by atoms with E-state index in [0.29, 0.717) is 6.54 Å². The monoisotopic (exact) mass is 363 g/mol. The molecule has 4 rings (SSSR count). The third kappa shape index (κ3) is 3.71. The Hall–Kier alpha value is -1.10. The van der Waals surface area contributed by atoms with Crippen molar-refractivity contribution in [3.05, 3.63) is 29.8 Å². The van der Waals surface area contributed by atoms with Gasteiger partial charge in [0, 0.05) is 37.4 Å². The van der Waals surface area contributed by atoms with Gasteiger partial charge in [0.05, 0.1) is 6.54 Å². The number of nitrogens with one attached hydrogen (secondary N) is 1. The maximum atomic E-state index is 13.1. The van der Waals surface area contributed by atoms with Crippen LogP contribution in [-0.4, -0.2) is 49.1 Å². The van der Waals surface area contributed by atoms with E-state index < -0.39 is 0 Å². The number of fused-ring (bicyclic) bond motifs is 1. The summed E-state index contributed by atoms with van der Waals surface area (Å²) in [5.41, 5.74) is 2.69. The summed E-state index contributed by atoms with van der Waals surface area (Å²) in [6, 6.07) is 8.42. The van der Waals surface area contributed by atoms with Crippen molar-refractivity contribution in [3.63, 3.8) is 0 Å². The van der Waals surface area contributed by atoms with Gasteiger partial charge in [0.15, 0.2) is 0 Å². The summed E-state index contributed by atoms with van der Waals surface area (Å²) in [4.78, 5) is 17.7. The average Bonchev–Trinajstić information content (AvgIpc) is 2.64. The average molecular weight is 364 g/mol. The normalized spacial score (nSPS) is 23.0. The first-order valence-corrected chi connectivity index (χ1v) is 9.63. The number of hydrogen-bond acceptors (Lipinski definition) is 3. The van der Waals surface area contributed by atoms with E-state index in [1.807, 2.05) is 4.90 Å². The van der Waals surface area contributed by atoms with Crippen LogP contribution in [0.4, 0.5) is 5.69 Å². The van der Waals surface area contributed by atoms with Crippen molar-refractivity contribution in [2.45, 2.75) is 50.5 Å². The van der Waals surface area contributed by atoms with E-state index in [1.165, 1.54) is 37.7 Å². The lowest BCUT2D eigenvalue weighted by atomic mass is 9.79. The van der Waals surface area contributed by atoms with Crippen molar-refractivity contribution in [2.75, 3.05) is 37.6 Å². The summed E-state index contributed by atoms with van der Waals surface area (Å²) >= 11 is 0. The Morgan fingerprint density at radius 1 is 1.08 bits per heavy atom. The number of carbonyl (C=O) groups excluding carboxylic acids is 1. The lowest BCUT2D eigenvalue weighted by Gasteiger charge is -2.50. The van der Waals surface area contributed by atoms with E-state index in [0.717, 1.165) is 44.7 Å². The molecule has 1 amide bonds. The van der Waals surface area contributed by atoms with Gasteiger partial charge in [0.2, 0.25) is 5.91 Å².